The van der Waals surface area contributed by atoms with Crippen molar-refractivity contribution >= 4 is 61.9 Å². The molecule has 2 aliphatic carbocycles. The Hall–Kier alpha value is -3.83. The molecule has 0 bridgehead atoms. The molecule has 0 radical (unpaired) electrons. The highest BCUT2D eigenvalue weighted by molar-refractivity contribution is 9.10. The minimum atomic E-state index is -0.622. The van der Waals surface area contributed by atoms with Gasteiger partial charge in [-0.3, -0.25) is 33.4 Å². The lowest BCUT2D eigenvalue weighted by molar-refractivity contribution is -0.160. The van der Waals surface area contributed by atoms with Crippen molar-refractivity contribution in [2.75, 3.05) is 33.3 Å². The summed E-state index contributed by atoms with van der Waals surface area (Å²) in [5.74, 6) is -0.531. The summed E-state index contributed by atoms with van der Waals surface area (Å²) in [6.07, 6.45) is 47.5. The molecule has 11 heteroatoms. The molecule has 1 aromatic carbocycles. The number of nitrogens with zero attached hydrogens (tertiary/aromatic N) is 3. The number of rotatable bonds is 44. The number of amides is 1. The van der Waals surface area contributed by atoms with E-state index in [1.807, 2.05) is 37.8 Å². The molecule has 1 amide bonds. The Kier molecular flexibility index (Phi) is 32.6. The van der Waals surface area contributed by atoms with Crippen LogP contribution in [-0.2, 0) is 35.1 Å². The van der Waals surface area contributed by atoms with Crippen molar-refractivity contribution < 1.29 is 33.4 Å². The van der Waals surface area contributed by atoms with Crippen molar-refractivity contribution in [3.05, 3.63) is 64.3 Å². The summed E-state index contributed by atoms with van der Waals surface area (Å²) in [5, 5.41) is 1.03. The maximum Gasteiger partial charge on any atom is 0.306 e. The van der Waals surface area contributed by atoms with E-state index >= 15 is 0 Å². The summed E-state index contributed by atoms with van der Waals surface area (Å²) in [4.78, 5) is 72.5. The third-order valence-corrected chi connectivity index (χ3v) is 18.8. The van der Waals surface area contributed by atoms with E-state index < -0.39 is 12.1 Å². The molecule has 2 heterocycles. The molecule has 81 heavy (non-hydrogen) atoms. The van der Waals surface area contributed by atoms with Gasteiger partial charge in [0.15, 0.2) is 0 Å². The van der Waals surface area contributed by atoms with Crippen LogP contribution >= 0.6 is 15.9 Å². The average molecular weight is 1190 g/mol. The van der Waals surface area contributed by atoms with Gasteiger partial charge in [-0.25, -0.2) is 0 Å². The molecule has 2 aromatic rings. The van der Waals surface area contributed by atoms with Crippen LogP contribution < -0.4 is 0 Å². The lowest BCUT2D eigenvalue weighted by atomic mass is 9.68. The van der Waals surface area contributed by atoms with Gasteiger partial charge in [-0.05, 0) is 168 Å². The van der Waals surface area contributed by atoms with Gasteiger partial charge in [0.2, 0.25) is 11.8 Å². The number of ether oxygens (including phenoxy) is 2. The Morgan fingerprint density at radius 2 is 1.25 bits per heavy atom. The monoisotopic (exact) mass is 1180 g/mol. The summed E-state index contributed by atoms with van der Waals surface area (Å²) in [6, 6.07) is 6.17. The normalized spacial score (nSPS) is 18.7. The number of carbonyl (C=O) groups is 5. The van der Waals surface area contributed by atoms with E-state index in [-0.39, 0.29) is 66.9 Å². The maximum atomic E-state index is 14.4. The number of esters is 2. The van der Waals surface area contributed by atoms with Crippen molar-refractivity contribution in [3.8, 4) is 0 Å². The Labute approximate surface area is 499 Å². The van der Waals surface area contributed by atoms with E-state index in [1.165, 1.54) is 116 Å². The van der Waals surface area contributed by atoms with Gasteiger partial charge in [-0.1, -0.05) is 166 Å². The number of fused-ring (bicyclic) bond motifs is 2. The Morgan fingerprint density at radius 3 is 1.80 bits per heavy atom. The van der Waals surface area contributed by atoms with Gasteiger partial charge >= 0.3 is 11.9 Å². The molecule has 5 unspecified atom stereocenters. The zero-order valence-corrected chi connectivity index (χ0v) is 53.3. The van der Waals surface area contributed by atoms with Crippen molar-refractivity contribution in [1.29, 1.82) is 0 Å². The fraction of sp³-hybridized carbons (Fsp3) is 0.729. The number of Topliss-reactive ketones (excluding diaryl/α,β-unsaturated/α-hetero) is 1. The lowest BCUT2D eigenvalue weighted by Crippen LogP contribution is -2.47. The molecule has 1 aliphatic heterocycles. The highest BCUT2D eigenvalue weighted by Gasteiger charge is 2.39. The molecule has 5 rings (SSSR count). The fourth-order valence-electron chi connectivity index (χ4n) is 12.8. The van der Waals surface area contributed by atoms with Gasteiger partial charge in [-0.2, -0.15) is 0 Å². The van der Waals surface area contributed by atoms with Gasteiger partial charge in [0.05, 0.1) is 16.0 Å². The molecule has 454 valence electrons. The standard InChI is InChI=1S/C70H110BrN3O7/c1-7-11-13-15-17-19-21-23-25-27-29-31-33-35-37-42-64(75)58-47-45-55(58)44-46-57(53-80-66(77)43-38-36-34-32-30-28-26-24-22-20-18-16-14-12-8-2)81-67(78)49-54(5)48-65(76)74-62-41-39-40-59-60-50-56(70(79)73(9-3)10-4)52-72(6)63(60)51-61(68(59)62)69(74)71/h23-26,39-41,50,54-58,63H,7-22,27-38,42-49,51-53H2,1-6H3/b25-23-,26-24-/t54?,55?,56-,57?,58?,63?/m1/s1. The maximum absolute atomic E-state index is 14.4. The van der Waals surface area contributed by atoms with Crippen LogP contribution in [0.5, 0.6) is 0 Å². The van der Waals surface area contributed by atoms with Crippen LogP contribution in [0.3, 0.4) is 0 Å². The third kappa shape index (κ3) is 22.9. The number of ketones is 1. The molecule has 1 saturated carbocycles. The highest BCUT2D eigenvalue weighted by atomic mass is 79.9. The number of hydrogen-bond acceptors (Lipinski definition) is 8. The second kappa shape index (κ2) is 38.9. The smallest absolute Gasteiger partial charge is 0.306 e. The van der Waals surface area contributed by atoms with Crippen LogP contribution in [0.1, 0.15) is 269 Å². The number of likely N-dealkylation sites (N-methyl/N-ethyl adjacent to an activating group) is 1. The number of unbranched alkanes of at least 4 members (excludes halogenated alkanes) is 22. The van der Waals surface area contributed by atoms with Crippen LogP contribution in [0, 0.1) is 23.7 Å². The molecule has 0 saturated heterocycles. The van der Waals surface area contributed by atoms with Gasteiger partial charge in [0.25, 0.3) is 0 Å². The second-order valence-corrected chi connectivity index (χ2v) is 25.3. The summed E-state index contributed by atoms with van der Waals surface area (Å²) in [7, 11) is 2.09. The SMILES string of the molecule is CCCCCCCC/C=C\CCCCCCCC(=O)OCC(CCC1CCC1C(=O)CCCCCCC/C=C\CCCCCCCC)OC(=O)CC(C)CC(=O)n1c(Br)c2c3c(cccc31)C1=C[C@@H](C(=O)N(CC)CC)CN(C)C1C2. The molecule has 6 atom stereocenters. The zero-order valence-electron chi connectivity index (χ0n) is 51.7. The molecule has 0 spiro atoms. The first kappa shape index (κ1) is 68.0. The van der Waals surface area contributed by atoms with Crippen molar-refractivity contribution in [3.63, 3.8) is 0 Å². The number of allylic oxidation sites excluding steroid dienone is 4. The summed E-state index contributed by atoms with van der Waals surface area (Å²) in [6.45, 7) is 12.5. The van der Waals surface area contributed by atoms with Gasteiger partial charge in [0.1, 0.15) is 18.5 Å². The van der Waals surface area contributed by atoms with E-state index in [0.717, 1.165) is 103 Å². The first-order valence-corrected chi connectivity index (χ1v) is 33.9. The minimum Gasteiger partial charge on any atom is -0.462 e. The van der Waals surface area contributed by atoms with Crippen LogP contribution in [0.25, 0.3) is 16.5 Å². The van der Waals surface area contributed by atoms with Crippen LogP contribution in [0.15, 0.2) is 53.2 Å². The molecule has 3 aliphatic rings. The zero-order chi connectivity index (χ0) is 58.2. The predicted molar refractivity (Wildman–Crippen MR) is 338 cm³/mol. The molecule has 1 aromatic heterocycles. The summed E-state index contributed by atoms with van der Waals surface area (Å²) >= 11 is 3.86. The summed E-state index contributed by atoms with van der Waals surface area (Å²) in [5.41, 5.74) is 4.09. The molecular weight excluding hydrogens is 1070 g/mol. The topological polar surface area (TPSA) is 115 Å². The number of hydrogen-bond donors (Lipinski definition) is 0. The largest absolute Gasteiger partial charge is 0.462 e. The summed E-state index contributed by atoms with van der Waals surface area (Å²) < 4.78 is 14.5. The van der Waals surface area contributed by atoms with Crippen molar-refractivity contribution in [1.82, 2.24) is 14.4 Å². The molecule has 0 N–H and O–H groups in total. The van der Waals surface area contributed by atoms with E-state index in [0.29, 0.717) is 51.1 Å². The first-order chi connectivity index (χ1) is 39.4. The quantitative estimate of drug-likeness (QED) is 0.0366. The second-order valence-electron chi connectivity index (χ2n) is 24.6. The first-order valence-electron chi connectivity index (χ1n) is 33.2. The van der Waals surface area contributed by atoms with Gasteiger partial charge in [-0.15, -0.1) is 0 Å². The highest BCUT2D eigenvalue weighted by Crippen LogP contribution is 2.45. The van der Waals surface area contributed by atoms with Crippen LogP contribution in [-0.4, -0.2) is 89.3 Å². The Bertz CT molecular complexity index is 2290. The number of halogens is 1. The number of benzene rings is 1. The predicted octanol–water partition coefficient (Wildman–Crippen LogP) is 18.1. The fourth-order valence-corrected chi connectivity index (χ4v) is 13.6. The Balaban J connectivity index is 1.10. The third-order valence-electron chi connectivity index (χ3n) is 17.9. The lowest BCUT2D eigenvalue weighted by Gasteiger charge is -2.40. The van der Waals surface area contributed by atoms with E-state index in [2.05, 4.69) is 78.2 Å². The van der Waals surface area contributed by atoms with E-state index in [1.54, 1.807) is 4.57 Å². The molecule has 1 fully saturated rings. The minimum absolute atomic E-state index is 0.00634. The van der Waals surface area contributed by atoms with Crippen molar-refractivity contribution in [2.45, 2.75) is 271 Å². The van der Waals surface area contributed by atoms with Crippen LogP contribution in [0.4, 0.5) is 0 Å². The van der Waals surface area contributed by atoms with E-state index in [4.69, 9.17) is 9.47 Å². The van der Waals surface area contributed by atoms with E-state index in [9.17, 15) is 24.0 Å². The van der Waals surface area contributed by atoms with Gasteiger partial charge < -0.3 is 14.4 Å². The Morgan fingerprint density at radius 1 is 0.691 bits per heavy atom. The number of carbonyl (C=O) groups excluding carboxylic acids is 5. The number of aromatic nitrogens is 1. The van der Waals surface area contributed by atoms with Crippen LogP contribution in [0.2, 0.25) is 0 Å². The molecular formula is C70H110BrN3O7. The van der Waals surface area contributed by atoms with Gasteiger partial charge in [0, 0.05) is 62.7 Å². The van der Waals surface area contributed by atoms with Crippen molar-refractivity contribution in [2.24, 2.45) is 23.7 Å². The average Bonchev–Trinajstić information content (AvgIpc) is 4.01. The molecule has 10 nitrogen and oxygen atoms in total.